The number of benzene rings is 3. The van der Waals surface area contributed by atoms with Crippen molar-refractivity contribution in [3.05, 3.63) is 65.7 Å². The van der Waals surface area contributed by atoms with Crippen molar-refractivity contribution in [2.24, 2.45) is 0 Å². The summed E-state index contributed by atoms with van der Waals surface area (Å²) >= 11 is 0. The summed E-state index contributed by atoms with van der Waals surface area (Å²) < 4.78 is 56.5. The molecule has 0 aliphatic heterocycles. The van der Waals surface area contributed by atoms with Gasteiger partial charge < -0.3 is 14.2 Å². The number of hydrogen-bond donors (Lipinski definition) is 0. The third-order valence-electron chi connectivity index (χ3n) is 4.71. The highest BCUT2D eigenvalue weighted by atomic mass is 19.4. The van der Waals surface area contributed by atoms with E-state index in [4.69, 9.17) is 14.2 Å². The number of rotatable bonds is 6. The second kappa shape index (κ2) is 8.00. The van der Waals surface area contributed by atoms with Crippen LogP contribution < -0.4 is 14.2 Å². The molecule has 3 aromatic carbocycles. The highest BCUT2D eigenvalue weighted by Crippen LogP contribution is 2.46. The minimum Gasteiger partial charge on any atom is -0.496 e. The molecular formula is C22H21F3O3. The van der Waals surface area contributed by atoms with Gasteiger partial charge in [0.25, 0.3) is 0 Å². The predicted molar refractivity (Wildman–Crippen MR) is 103 cm³/mol. The molecule has 0 heterocycles. The number of fused-ring (bicyclic) bond motifs is 1. The number of ether oxygens (including phenoxy) is 3. The maximum Gasteiger partial charge on any atom is 0.390 e. The first-order valence-corrected chi connectivity index (χ1v) is 8.71. The second-order valence-electron chi connectivity index (χ2n) is 6.42. The summed E-state index contributed by atoms with van der Waals surface area (Å²) in [5, 5.41) is 1.84. The van der Waals surface area contributed by atoms with Crippen LogP contribution in [0.4, 0.5) is 13.2 Å². The van der Waals surface area contributed by atoms with E-state index >= 15 is 0 Å². The lowest BCUT2D eigenvalue weighted by Crippen LogP contribution is -2.16. The zero-order chi connectivity index (χ0) is 20.3. The normalized spacial score (nSPS) is 12.6. The standard InChI is InChI=1S/C22H21F3O3/c1-26-17-11-19(27-2)21(20(12-17)28-3)18(13-22(23,24)25)16-9-8-14-6-4-5-7-15(14)10-16/h4-12,18H,13H2,1-3H3. The van der Waals surface area contributed by atoms with E-state index in [1.54, 1.807) is 24.3 Å². The Morgan fingerprint density at radius 2 is 1.39 bits per heavy atom. The molecule has 0 amide bonds. The molecular weight excluding hydrogens is 369 g/mol. The Kier molecular flexibility index (Phi) is 5.68. The first-order valence-electron chi connectivity index (χ1n) is 8.71. The number of methoxy groups -OCH3 is 3. The fraction of sp³-hybridized carbons (Fsp3) is 0.273. The van der Waals surface area contributed by atoms with Crippen LogP contribution in [0.15, 0.2) is 54.6 Å². The van der Waals surface area contributed by atoms with Crippen LogP contribution in [-0.2, 0) is 0 Å². The monoisotopic (exact) mass is 390 g/mol. The van der Waals surface area contributed by atoms with Gasteiger partial charge >= 0.3 is 6.18 Å². The van der Waals surface area contributed by atoms with Crippen molar-refractivity contribution in [2.45, 2.75) is 18.5 Å². The molecule has 0 saturated heterocycles. The largest absolute Gasteiger partial charge is 0.496 e. The van der Waals surface area contributed by atoms with E-state index in [0.29, 0.717) is 28.4 Å². The van der Waals surface area contributed by atoms with E-state index in [9.17, 15) is 13.2 Å². The van der Waals surface area contributed by atoms with Gasteiger partial charge in [-0.05, 0) is 16.3 Å². The molecule has 0 aromatic heterocycles. The molecule has 0 fully saturated rings. The molecule has 0 spiro atoms. The third-order valence-corrected chi connectivity index (χ3v) is 4.71. The van der Waals surface area contributed by atoms with Crippen LogP contribution in [0, 0.1) is 0 Å². The van der Waals surface area contributed by atoms with E-state index in [-0.39, 0.29) is 0 Å². The minimum absolute atomic E-state index is 0.290. The zero-order valence-electron chi connectivity index (χ0n) is 15.8. The van der Waals surface area contributed by atoms with Crippen molar-refractivity contribution in [3.63, 3.8) is 0 Å². The summed E-state index contributed by atoms with van der Waals surface area (Å²) in [6.07, 6.45) is -5.41. The maximum absolute atomic E-state index is 13.5. The fourth-order valence-corrected chi connectivity index (χ4v) is 3.42. The molecule has 0 N–H and O–H groups in total. The Labute approximate surface area is 161 Å². The zero-order valence-corrected chi connectivity index (χ0v) is 15.8. The van der Waals surface area contributed by atoms with Crippen LogP contribution >= 0.6 is 0 Å². The molecule has 28 heavy (non-hydrogen) atoms. The lowest BCUT2D eigenvalue weighted by atomic mass is 9.86. The Bertz CT molecular complexity index is 942. The molecule has 0 aliphatic rings. The average molecular weight is 390 g/mol. The molecule has 148 valence electrons. The van der Waals surface area contributed by atoms with Crippen LogP contribution in [0.3, 0.4) is 0 Å². The van der Waals surface area contributed by atoms with E-state index in [0.717, 1.165) is 10.8 Å². The Morgan fingerprint density at radius 1 is 0.786 bits per heavy atom. The third kappa shape index (κ3) is 4.16. The SMILES string of the molecule is COc1cc(OC)c(C(CC(F)(F)F)c2ccc3ccccc3c2)c(OC)c1. The maximum atomic E-state index is 13.5. The van der Waals surface area contributed by atoms with Gasteiger partial charge in [0.05, 0.1) is 27.8 Å². The van der Waals surface area contributed by atoms with Gasteiger partial charge in [0.15, 0.2) is 0 Å². The van der Waals surface area contributed by atoms with Crippen molar-refractivity contribution in [2.75, 3.05) is 21.3 Å². The molecule has 0 radical (unpaired) electrons. The second-order valence-corrected chi connectivity index (χ2v) is 6.42. The molecule has 3 nitrogen and oxygen atoms in total. The summed E-state index contributed by atoms with van der Waals surface area (Å²) in [6.45, 7) is 0. The quantitative estimate of drug-likeness (QED) is 0.521. The van der Waals surface area contributed by atoms with E-state index < -0.39 is 18.5 Å². The van der Waals surface area contributed by atoms with Gasteiger partial charge in [0.1, 0.15) is 17.2 Å². The lowest BCUT2D eigenvalue weighted by molar-refractivity contribution is -0.136. The van der Waals surface area contributed by atoms with Gasteiger partial charge in [-0.3, -0.25) is 0 Å². The highest BCUT2D eigenvalue weighted by Gasteiger charge is 2.36. The summed E-state index contributed by atoms with van der Waals surface area (Å²) in [4.78, 5) is 0. The fourth-order valence-electron chi connectivity index (χ4n) is 3.42. The average Bonchev–Trinajstić information content (AvgIpc) is 2.70. The minimum atomic E-state index is -4.37. The Hall–Kier alpha value is -2.89. The van der Waals surface area contributed by atoms with E-state index in [1.165, 1.54) is 21.3 Å². The van der Waals surface area contributed by atoms with E-state index in [2.05, 4.69) is 0 Å². The van der Waals surface area contributed by atoms with Crippen LogP contribution in [0.2, 0.25) is 0 Å². The van der Waals surface area contributed by atoms with Crippen LogP contribution in [0.25, 0.3) is 10.8 Å². The van der Waals surface area contributed by atoms with Crippen LogP contribution in [0.1, 0.15) is 23.5 Å². The van der Waals surface area contributed by atoms with Crippen molar-refractivity contribution in [3.8, 4) is 17.2 Å². The first-order chi connectivity index (χ1) is 13.4. The molecule has 3 rings (SSSR count). The molecule has 1 unspecified atom stereocenters. The van der Waals surface area contributed by atoms with Gasteiger partial charge in [-0.1, -0.05) is 42.5 Å². The molecule has 3 aromatic rings. The molecule has 1 atom stereocenters. The predicted octanol–water partition coefficient (Wildman–Crippen LogP) is 5.95. The van der Waals surface area contributed by atoms with Gasteiger partial charge in [0.2, 0.25) is 0 Å². The number of halogens is 3. The molecule has 0 bridgehead atoms. The van der Waals surface area contributed by atoms with Gasteiger partial charge in [-0.25, -0.2) is 0 Å². The summed E-state index contributed by atoms with van der Waals surface area (Å²) in [7, 11) is 4.32. The topological polar surface area (TPSA) is 27.7 Å². The summed E-state index contributed by atoms with van der Waals surface area (Å²) in [5.74, 6) is 0.0411. The molecule has 6 heteroatoms. The van der Waals surface area contributed by atoms with E-state index in [1.807, 2.05) is 30.3 Å². The van der Waals surface area contributed by atoms with Crippen molar-refractivity contribution >= 4 is 10.8 Å². The Morgan fingerprint density at radius 3 is 1.93 bits per heavy atom. The Balaban J connectivity index is 2.22. The van der Waals surface area contributed by atoms with Crippen molar-refractivity contribution in [1.82, 2.24) is 0 Å². The highest BCUT2D eigenvalue weighted by molar-refractivity contribution is 5.83. The van der Waals surface area contributed by atoms with Crippen molar-refractivity contribution in [1.29, 1.82) is 0 Å². The summed E-state index contributed by atoms with van der Waals surface area (Å²) in [5.41, 5.74) is 0.885. The smallest absolute Gasteiger partial charge is 0.390 e. The number of alkyl halides is 3. The molecule has 0 aliphatic carbocycles. The van der Waals surface area contributed by atoms with Crippen LogP contribution in [-0.4, -0.2) is 27.5 Å². The van der Waals surface area contributed by atoms with Crippen molar-refractivity contribution < 1.29 is 27.4 Å². The van der Waals surface area contributed by atoms with Crippen LogP contribution in [0.5, 0.6) is 17.2 Å². The number of hydrogen-bond acceptors (Lipinski definition) is 3. The summed E-state index contributed by atoms with van der Waals surface area (Å²) in [6, 6.07) is 16.0. The van der Waals surface area contributed by atoms with Gasteiger partial charge in [-0.2, -0.15) is 13.2 Å². The first kappa shape index (κ1) is 19.9. The lowest BCUT2D eigenvalue weighted by Gasteiger charge is -2.25. The van der Waals surface area contributed by atoms with Gasteiger partial charge in [0, 0.05) is 23.6 Å². The molecule has 0 saturated carbocycles. The van der Waals surface area contributed by atoms with Gasteiger partial charge in [-0.15, -0.1) is 0 Å².